The zero-order valence-electron chi connectivity index (χ0n) is 9.82. The summed E-state index contributed by atoms with van der Waals surface area (Å²) in [6.45, 7) is 0.507. The Balaban J connectivity index is 3.24. The number of anilines is 1. The van der Waals surface area contributed by atoms with Gasteiger partial charge in [-0.2, -0.15) is 4.31 Å². The maximum absolute atomic E-state index is 13.6. The summed E-state index contributed by atoms with van der Waals surface area (Å²) < 4.78 is 62.0. The molecular weight excluding hydrogens is 269 g/mol. The zero-order chi connectivity index (χ0) is 14.1. The van der Waals surface area contributed by atoms with Crippen LogP contribution in [-0.4, -0.2) is 32.7 Å². The van der Waals surface area contributed by atoms with Gasteiger partial charge in [0, 0.05) is 12.7 Å². The monoisotopic (exact) mass is 282 g/mol. The summed E-state index contributed by atoms with van der Waals surface area (Å²) in [4.78, 5) is -0.700. The largest absolute Gasteiger partial charge is 0.398 e. The lowest BCUT2D eigenvalue weighted by atomic mass is 10.2. The van der Waals surface area contributed by atoms with Crippen molar-refractivity contribution in [1.82, 2.24) is 4.31 Å². The van der Waals surface area contributed by atoms with Crippen molar-refractivity contribution in [3.63, 3.8) is 0 Å². The lowest BCUT2D eigenvalue weighted by Gasteiger charge is -2.17. The molecule has 102 valence electrons. The van der Waals surface area contributed by atoms with E-state index in [4.69, 9.17) is 5.73 Å². The first-order chi connectivity index (χ1) is 8.16. The molecule has 0 unspecified atom stereocenters. The SMILES string of the molecule is Cc1cc(F)c(S(=O)(=O)N(C)CC(F)F)cc1N. The second-order valence-corrected chi connectivity index (χ2v) is 5.83. The molecule has 1 aromatic carbocycles. The molecule has 0 bridgehead atoms. The fourth-order valence-electron chi connectivity index (χ4n) is 1.33. The van der Waals surface area contributed by atoms with Gasteiger partial charge in [0.1, 0.15) is 10.7 Å². The number of hydrogen-bond acceptors (Lipinski definition) is 3. The van der Waals surface area contributed by atoms with Crippen molar-refractivity contribution < 1.29 is 21.6 Å². The van der Waals surface area contributed by atoms with Gasteiger partial charge in [0.15, 0.2) is 0 Å². The molecule has 0 aliphatic heterocycles. The Morgan fingerprint density at radius 1 is 1.39 bits per heavy atom. The van der Waals surface area contributed by atoms with Crippen LogP contribution in [0.25, 0.3) is 0 Å². The van der Waals surface area contributed by atoms with Gasteiger partial charge in [-0.25, -0.2) is 21.6 Å². The topological polar surface area (TPSA) is 63.4 Å². The van der Waals surface area contributed by atoms with Crippen molar-refractivity contribution in [1.29, 1.82) is 0 Å². The first-order valence-electron chi connectivity index (χ1n) is 4.96. The quantitative estimate of drug-likeness (QED) is 0.853. The van der Waals surface area contributed by atoms with Crippen LogP contribution in [0.15, 0.2) is 17.0 Å². The number of benzene rings is 1. The summed E-state index contributed by atoms with van der Waals surface area (Å²) in [5.41, 5.74) is 5.95. The molecule has 18 heavy (non-hydrogen) atoms. The van der Waals surface area contributed by atoms with Crippen LogP contribution >= 0.6 is 0 Å². The third-order valence-corrected chi connectivity index (χ3v) is 4.24. The second-order valence-electron chi connectivity index (χ2n) is 3.82. The molecule has 0 fully saturated rings. The van der Waals surface area contributed by atoms with Gasteiger partial charge in [-0.3, -0.25) is 0 Å². The minimum atomic E-state index is -4.31. The van der Waals surface area contributed by atoms with E-state index in [9.17, 15) is 21.6 Å². The lowest BCUT2D eigenvalue weighted by molar-refractivity contribution is 0.126. The number of rotatable bonds is 4. The van der Waals surface area contributed by atoms with Crippen molar-refractivity contribution in [3.8, 4) is 0 Å². The third-order valence-electron chi connectivity index (χ3n) is 2.40. The lowest BCUT2D eigenvalue weighted by Crippen LogP contribution is -2.32. The highest BCUT2D eigenvalue weighted by Crippen LogP contribution is 2.24. The van der Waals surface area contributed by atoms with Gasteiger partial charge >= 0.3 is 0 Å². The highest BCUT2D eigenvalue weighted by molar-refractivity contribution is 7.89. The van der Waals surface area contributed by atoms with Crippen LogP contribution in [0.1, 0.15) is 5.56 Å². The second kappa shape index (κ2) is 5.15. The van der Waals surface area contributed by atoms with Crippen molar-refractivity contribution in [2.24, 2.45) is 0 Å². The van der Waals surface area contributed by atoms with E-state index in [0.29, 0.717) is 9.87 Å². The van der Waals surface area contributed by atoms with Gasteiger partial charge in [0.05, 0.1) is 6.54 Å². The van der Waals surface area contributed by atoms with E-state index < -0.39 is 33.7 Å². The molecule has 8 heteroatoms. The molecule has 2 N–H and O–H groups in total. The van der Waals surface area contributed by atoms with Crippen LogP contribution in [0.5, 0.6) is 0 Å². The third kappa shape index (κ3) is 2.94. The molecule has 0 atom stereocenters. The first kappa shape index (κ1) is 14.8. The Morgan fingerprint density at radius 3 is 2.44 bits per heavy atom. The predicted molar refractivity (Wildman–Crippen MR) is 61.4 cm³/mol. The van der Waals surface area contributed by atoms with E-state index in [-0.39, 0.29) is 5.69 Å². The number of halogens is 3. The molecule has 0 aromatic heterocycles. The smallest absolute Gasteiger partial charge is 0.252 e. The summed E-state index contributed by atoms with van der Waals surface area (Å²) >= 11 is 0. The Morgan fingerprint density at radius 2 is 1.94 bits per heavy atom. The number of sulfonamides is 1. The summed E-state index contributed by atoms with van der Waals surface area (Å²) in [5, 5.41) is 0. The average molecular weight is 282 g/mol. The zero-order valence-corrected chi connectivity index (χ0v) is 10.6. The number of aryl methyl sites for hydroxylation is 1. The van der Waals surface area contributed by atoms with Crippen LogP contribution in [-0.2, 0) is 10.0 Å². The van der Waals surface area contributed by atoms with Gasteiger partial charge in [0.25, 0.3) is 6.43 Å². The summed E-state index contributed by atoms with van der Waals surface area (Å²) in [5.74, 6) is -1.01. The highest BCUT2D eigenvalue weighted by atomic mass is 32.2. The normalized spacial score (nSPS) is 12.4. The van der Waals surface area contributed by atoms with Gasteiger partial charge < -0.3 is 5.73 Å². The molecular formula is C10H13F3N2O2S. The van der Waals surface area contributed by atoms with Gasteiger partial charge in [-0.05, 0) is 24.6 Å². The number of nitrogens with two attached hydrogens (primary N) is 1. The molecule has 1 rings (SSSR count). The summed E-state index contributed by atoms with van der Waals surface area (Å²) in [6.07, 6.45) is -2.84. The number of nitrogen functional groups attached to an aromatic ring is 1. The molecule has 0 spiro atoms. The van der Waals surface area contributed by atoms with Crippen molar-refractivity contribution in [3.05, 3.63) is 23.5 Å². The van der Waals surface area contributed by atoms with E-state index in [1.165, 1.54) is 6.92 Å². The van der Waals surface area contributed by atoms with E-state index >= 15 is 0 Å². The molecule has 0 saturated carbocycles. The molecule has 1 aromatic rings. The number of alkyl halides is 2. The van der Waals surface area contributed by atoms with Crippen LogP contribution in [0.3, 0.4) is 0 Å². The van der Waals surface area contributed by atoms with Crippen molar-refractivity contribution >= 4 is 15.7 Å². The fraction of sp³-hybridized carbons (Fsp3) is 0.400. The summed E-state index contributed by atoms with van der Waals surface area (Å²) in [7, 11) is -3.35. The molecule has 4 nitrogen and oxygen atoms in total. The van der Waals surface area contributed by atoms with Crippen LogP contribution in [0.4, 0.5) is 18.9 Å². The van der Waals surface area contributed by atoms with E-state index in [0.717, 1.165) is 19.2 Å². The Kier molecular flexibility index (Phi) is 4.23. The van der Waals surface area contributed by atoms with Gasteiger partial charge in [-0.15, -0.1) is 0 Å². The molecule has 0 saturated heterocycles. The highest BCUT2D eigenvalue weighted by Gasteiger charge is 2.27. The molecule has 0 heterocycles. The Bertz CT molecular complexity index is 546. The van der Waals surface area contributed by atoms with Crippen LogP contribution < -0.4 is 5.73 Å². The van der Waals surface area contributed by atoms with Crippen molar-refractivity contribution in [2.45, 2.75) is 18.2 Å². The molecule has 0 aliphatic rings. The fourth-order valence-corrected chi connectivity index (χ4v) is 2.55. The average Bonchev–Trinajstić information content (AvgIpc) is 2.22. The Hall–Kier alpha value is -1.28. The van der Waals surface area contributed by atoms with E-state index in [1.54, 1.807) is 0 Å². The number of nitrogens with zero attached hydrogens (tertiary/aromatic N) is 1. The van der Waals surface area contributed by atoms with Crippen LogP contribution in [0, 0.1) is 12.7 Å². The first-order valence-corrected chi connectivity index (χ1v) is 6.40. The maximum atomic E-state index is 13.6. The Labute approximate surface area is 103 Å². The maximum Gasteiger partial charge on any atom is 0.252 e. The van der Waals surface area contributed by atoms with Crippen molar-refractivity contribution in [2.75, 3.05) is 19.3 Å². The minimum absolute atomic E-state index is 0.0837. The molecule has 0 radical (unpaired) electrons. The standard InChI is InChI=1S/C10H13F3N2O2S/c1-6-3-7(11)9(4-8(6)14)18(16,17)15(2)5-10(12)13/h3-4,10H,5,14H2,1-2H3. The minimum Gasteiger partial charge on any atom is -0.398 e. The molecule has 0 amide bonds. The predicted octanol–water partition coefficient (Wildman–Crippen LogP) is 1.60. The molecule has 0 aliphatic carbocycles. The van der Waals surface area contributed by atoms with Gasteiger partial charge in [0.2, 0.25) is 10.0 Å². The van der Waals surface area contributed by atoms with Crippen LogP contribution in [0.2, 0.25) is 0 Å². The van der Waals surface area contributed by atoms with E-state index in [2.05, 4.69) is 0 Å². The summed E-state index contributed by atoms with van der Waals surface area (Å²) in [6, 6.07) is 1.89. The van der Waals surface area contributed by atoms with Gasteiger partial charge in [-0.1, -0.05) is 0 Å². The number of hydrogen-bond donors (Lipinski definition) is 1. The van der Waals surface area contributed by atoms with E-state index in [1.807, 2.05) is 0 Å².